The molecule has 1 unspecified atom stereocenters. The highest BCUT2D eigenvalue weighted by Gasteiger charge is 2.22. The number of fused-ring (bicyclic) bond motifs is 1. The summed E-state index contributed by atoms with van der Waals surface area (Å²) in [6, 6.07) is 7.77. The fraction of sp³-hybridized carbons (Fsp3) is 0.250. The Labute approximate surface area is 132 Å². The zero-order valence-corrected chi connectivity index (χ0v) is 12.2. The number of carboxylic acids is 1. The normalized spacial score (nSPS) is 16.1. The molecule has 1 aromatic heterocycles. The van der Waals surface area contributed by atoms with Crippen molar-refractivity contribution in [3.63, 3.8) is 0 Å². The Balaban J connectivity index is 1.64. The van der Waals surface area contributed by atoms with Gasteiger partial charge in [-0.05, 0) is 18.1 Å². The van der Waals surface area contributed by atoms with E-state index in [-0.39, 0.29) is 23.2 Å². The van der Waals surface area contributed by atoms with E-state index in [1.165, 1.54) is 0 Å². The topological polar surface area (TPSA) is 101 Å². The molecule has 1 aromatic carbocycles. The van der Waals surface area contributed by atoms with Crippen LogP contribution in [0.15, 0.2) is 36.7 Å². The van der Waals surface area contributed by atoms with Crippen molar-refractivity contribution in [3.05, 3.63) is 53.6 Å². The molecule has 7 heteroatoms. The maximum atomic E-state index is 12.1. The molecule has 0 saturated carbocycles. The van der Waals surface area contributed by atoms with E-state index in [4.69, 9.17) is 9.84 Å². The number of aromatic carboxylic acids is 1. The molecule has 2 N–H and O–H groups in total. The molecule has 1 aliphatic heterocycles. The predicted octanol–water partition coefficient (Wildman–Crippen LogP) is 1.47. The molecule has 3 rings (SSSR count). The van der Waals surface area contributed by atoms with E-state index in [9.17, 15) is 9.59 Å². The summed E-state index contributed by atoms with van der Waals surface area (Å²) in [5, 5.41) is 11.6. The first-order valence-electron chi connectivity index (χ1n) is 7.20. The highest BCUT2D eigenvalue weighted by molar-refractivity contribution is 5.92. The second kappa shape index (κ2) is 6.43. The van der Waals surface area contributed by atoms with Gasteiger partial charge in [0.15, 0.2) is 5.69 Å². The van der Waals surface area contributed by atoms with Crippen LogP contribution < -0.4 is 10.1 Å². The van der Waals surface area contributed by atoms with Crippen LogP contribution in [0, 0.1) is 0 Å². The minimum Gasteiger partial charge on any atom is -0.493 e. The summed E-state index contributed by atoms with van der Waals surface area (Å²) in [7, 11) is 0. The van der Waals surface area contributed by atoms with E-state index < -0.39 is 5.97 Å². The zero-order chi connectivity index (χ0) is 16.2. The van der Waals surface area contributed by atoms with E-state index in [0.717, 1.165) is 30.1 Å². The molecule has 1 atom stereocenters. The average Bonchev–Trinajstić information content (AvgIpc) is 2.59. The van der Waals surface area contributed by atoms with Crippen LogP contribution >= 0.6 is 0 Å². The molecule has 7 nitrogen and oxygen atoms in total. The molecule has 2 heterocycles. The summed E-state index contributed by atoms with van der Waals surface area (Å²) in [5.74, 6) is -0.527. The second-order valence-electron chi connectivity index (χ2n) is 5.17. The molecule has 23 heavy (non-hydrogen) atoms. The number of amides is 1. The van der Waals surface area contributed by atoms with Gasteiger partial charge < -0.3 is 15.2 Å². The molecule has 0 saturated heterocycles. The number of hydrogen-bond acceptors (Lipinski definition) is 5. The van der Waals surface area contributed by atoms with Crippen molar-refractivity contribution in [2.75, 3.05) is 13.2 Å². The number of carbonyl (C=O) groups excluding carboxylic acids is 1. The fourth-order valence-electron chi connectivity index (χ4n) is 2.49. The molecule has 0 fully saturated rings. The standard InChI is InChI=1S/C16H15N3O4/c20-15(12-8-18-13(9-17-12)16(21)22)19-7-10-5-6-23-14-4-2-1-3-11(10)14/h1-4,8-10H,5-7H2,(H,19,20)(H,21,22). The smallest absolute Gasteiger partial charge is 0.356 e. The second-order valence-corrected chi connectivity index (χ2v) is 5.17. The number of benzene rings is 1. The molecular weight excluding hydrogens is 298 g/mol. The SMILES string of the molecule is O=C(O)c1cnc(C(=O)NCC2CCOc3ccccc32)cn1. The van der Waals surface area contributed by atoms with Gasteiger partial charge in [-0.2, -0.15) is 0 Å². The summed E-state index contributed by atoms with van der Waals surface area (Å²) in [6.07, 6.45) is 3.05. The number of para-hydroxylation sites is 1. The van der Waals surface area contributed by atoms with Gasteiger partial charge >= 0.3 is 5.97 Å². The number of ether oxygens (including phenoxy) is 1. The molecule has 0 radical (unpaired) electrons. The Hall–Kier alpha value is -2.96. The van der Waals surface area contributed by atoms with Crippen molar-refractivity contribution in [1.82, 2.24) is 15.3 Å². The van der Waals surface area contributed by atoms with Gasteiger partial charge in [-0.3, -0.25) is 4.79 Å². The molecule has 1 aliphatic rings. The van der Waals surface area contributed by atoms with Gasteiger partial charge in [0, 0.05) is 12.5 Å². The average molecular weight is 313 g/mol. The summed E-state index contributed by atoms with van der Waals surface area (Å²) in [4.78, 5) is 30.3. The monoisotopic (exact) mass is 313 g/mol. The van der Waals surface area contributed by atoms with Crippen LogP contribution in [0.25, 0.3) is 0 Å². The third kappa shape index (κ3) is 3.28. The van der Waals surface area contributed by atoms with Crippen LogP contribution in [0.2, 0.25) is 0 Å². The number of rotatable bonds is 4. The lowest BCUT2D eigenvalue weighted by atomic mass is 9.93. The third-order valence-electron chi connectivity index (χ3n) is 3.70. The molecule has 1 amide bonds. The van der Waals surface area contributed by atoms with Crippen LogP contribution in [0.1, 0.15) is 38.9 Å². The lowest BCUT2D eigenvalue weighted by Crippen LogP contribution is -2.31. The number of carbonyl (C=O) groups is 2. The Bertz CT molecular complexity index is 730. The van der Waals surface area contributed by atoms with Gasteiger partial charge in [0.25, 0.3) is 5.91 Å². The van der Waals surface area contributed by atoms with Gasteiger partial charge in [-0.25, -0.2) is 14.8 Å². The Morgan fingerprint density at radius 1 is 1.22 bits per heavy atom. The van der Waals surface area contributed by atoms with Crippen LogP contribution in [0.5, 0.6) is 5.75 Å². The molecule has 0 spiro atoms. The first-order chi connectivity index (χ1) is 11.1. The number of nitrogens with one attached hydrogen (secondary N) is 1. The van der Waals surface area contributed by atoms with Crippen molar-refractivity contribution in [2.45, 2.75) is 12.3 Å². The van der Waals surface area contributed by atoms with Gasteiger partial charge in [0.1, 0.15) is 11.4 Å². The van der Waals surface area contributed by atoms with Gasteiger partial charge in [-0.1, -0.05) is 18.2 Å². The van der Waals surface area contributed by atoms with Crippen LogP contribution in [-0.2, 0) is 0 Å². The van der Waals surface area contributed by atoms with Crippen molar-refractivity contribution >= 4 is 11.9 Å². The van der Waals surface area contributed by atoms with E-state index in [1.54, 1.807) is 0 Å². The summed E-state index contributed by atoms with van der Waals surface area (Å²) in [5.41, 5.74) is 0.974. The first kappa shape index (κ1) is 15.0. The van der Waals surface area contributed by atoms with E-state index in [1.807, 2.05) is 24.3 Å². The van der Waals surface area contributed by atoms with Gasteiger partial charge in [0.2, 0.25) is 0 Å². The largest absolute Gasteiger partial charge is 0.493 e. The Kier molecular flexibility index (Phi) is 4.18. The van der Waals surface area contributed by atoms with Crippen LogP contribution in [-0.4, -0.2) is 40.1 Å². The Morgan fingerprint density at radius 2 is 1.96 bits per heavy atom. The minimum atomic E-state index is -1.18. The quantitative estimate of drug-likeness (QED) is 0.886. The highest BCUT2D eigenvalue weighted by atomic mass is 16.5. The van der Waals surface area contributed by atoms with Crippen molar-refractivity contribution in [2.24, 2.45) is 0 Å². The molecular formula is C16H15N3O4. The van der Waals surface area contributed by atoms with Crippen molar-refractivity contribution in [3.8, 4) is 5.75 Å². The number of hydrogen-bond donors (Lipinski definition) is 2. The highest BCUT2D eigenvalue weighted by Crippen LogP contribution is 2.32. The Morgan fingerprint density at radius 3 is 2.70 bits per heavy atom. The molecule has 0 bridgehead atoms. The van der Waals surface area contributed by atoms with Crippen LogP contribution in [0.4, 0.5) is 0 Å². The maximum absolute atomic E-state index is 12.1. The van der Waals surface area contributed by atoms with Gasteiger partial charge in [-0.15, -0.1) is 0 Å². The van der Waals surface area contributed by atoms with Crippen LogP contribution in [0.3, 0.4) is 0 Å². The fourth-order valence-corrected chi connectivity index (χ4v) is 2.49. The summed E-state index contributed by atoms with van der Waals surface area (Å²) < 4.78 is 5.59. The molecule has 0 aliphatic carbocycles. The number of carboxylic acid groups (broad SMARTS) is 1. The van der Waals surface area contributed by atoms with E-state index in [2.05, 4.69) is 15.3 Å². The summed E-state index contributed by atoms with van der Waals surface area (Å²) >= 11 is 0. The van der Waals surface area contributed by atoms with E-state index in [0.29, 0.717) is 13.2 Å². The van der Waals surface area contributed by atoms with Crippen molar-refractivity contribution < 1.29 is 19.4 Å². The molecule has 118 valence electrons. The van der Waals surface area contributed by atoms with Gasteiger partial charge in [0.05, 0.1) is 19.0 Å². The summed E-state index contributed by atoms with van der Waals surface area (Å²) in [6.45, 7) is 1.08. The zero-order valence-electron chi connectivity index (χ0n) is 12.2. The van der Waals surface area contributed by atoms with Crippen molar-refractivity contribution in [1.29, 1.82) is 0 Å². The molecule has 2 aromatic rings. The number of nitrogens with zero attached hydrogens (tertiary/aromatic N) is 2. The predicted molar refractivity (Wildman–Crippen MR) is 80.6 cm³/mol. The minimum absolute atomic E-state index is 0.0929. The lowest BCUT2D eigenvalue weighted by molar-refractivity contribution is 0.0689. The van der Waals surface area contributed by atoms with E-state index >= 15 is 0 Å². The maximum Gasteiger partial charge on any atom is 0.356 e. The lowest BCUT2D eigenvalue weighted by Gasteiger charge is -2.25. The third-order valence-corrected chi connectivity index (χ3v) is 3.70. The first-order valence-corrected chi connectivity index (χ1v) is 7.20. The number of aromatic nitrogens is 2.